The normalized spacial score (nSPS) is 13.5. The van der Waals surface area contributed by atoms with Gasteiger partial charge in [-0.15, -0.1) is 0 Å². The van der Waals surface area contributed by atoms with Gasteiger partial charge in [0.05, 0.1) is 0 Å². The van der Waals surface area contributed by atoms with E-state index in [0.29, 0.717) is 12.8 Å². The van der Waals surface area contributed by atoms with E-state index in [1.807, 2.05) is 31.2 Å². The molecular formula is C26H32N2O5. The molecule has 0 heterocycles. The summed E-state index contributed by atoms with van der Waals surface area (Å²) in [6, 6.07) is 15.9. The number of hydrogen-bond donors (Lipinski definition) is 3. The van der Waals surface area contributed by atoms with E-state index in [0.717, 1.165) is 22.3 Å². The second-order valence-corrected chi connectivity index (χ2v) is 9.10. The molecule has 0 saturated heterocycles. The third-order valence-electron chi connectivity index (χ3n) is 6.03. The van der Waals surface area contributed by atoms with Gasteiger partial charge in [-0.2, -0.15) is 0 Å². The number of carboxylic acid groups (broad SMARTS) is 1. The Balaban J connectivity index is 1.54. The third kappa shape index (κ3) is 6.34. The number of amides is 2. The van der Waals surface area contributed by atoms with Crippen LogP contribution in [0, 0.1) is 0 Å². The van der Waals surface area contributed by atoms with Crippen LogP contribution in [0.5, 0.6) is 0 Å². The van der Waals surface area contributed by atoms with E-state index in [9.17, 15) is 14.4 Å². The predicted molar refractivity (Wildman–Crippen MR) is 126 cm³/mol. The average Bonchev–Trinajstić information content (AvgIpc) is 3.09. The van der Waals surface area contributed by atoms with Crippen molar-refractivity contribution in [1.82, 2.24) is 10.6 Å². The number of nitrogens with one attached hydrogen (secondary N) is 2. The zero-order chi connectivity index (χ0) is 24.0. The molecule has 0 bridgehead atoms. The molecule has 7 nitrogen and oxygen atoms in total. The van der Waals surface area contributed by atoms with Crippen LogP contribution in [0.3, 0.4) is 0 Å². The van der Waals surface area contributed by atoms with Gasteiger partial charge in [-0.3, -0.25) is 9.59 Å². The Morgan fingerprint density at radius 3 is 2.15 bits per heavy atom. The molecule has 0 radical (unpaired) electrons. The Morgan fingerprint density at radius 1 is 1.03 bits per heavy atom. The number of carbonyl (C=O) groups is 3. The first-order valence-electron chi connectivity index (χ1n) is 11.3. The van der Waals surface area contributed by atoms with Crippen LogP contribution in [-0.4, -0.2) is 41.3 Å². The lowest BCUT2D eigenvalue weighted by atomic mass is 9.97. The van der Waals surface area contributed by atoms with Gasteiger partial charge >= 0.3 is 12.1 Å². The molecule has 1 atom stereocenters. The zero-order valence-electron chi connectivity index (χ0n) is 19.4. The summed E-state index contributed by atoms with van der Waals surface area (Å²) < 4.78 is 5.57. The lowest BCUT2D eigenvalue weighted by Gasteiger charge is -2.27. The fourth-order valence-electron chi connectivity index (χ4n) is 4.24. The van der Waals surface area contributed by atoms with Crippen LogP contribution >= 0.6 is 0 Å². The summed E-state index contributed by atoms with van der Waals surface area (Å²) in [5.41, 5.74) is 3.96. The molecule has 2 aromatic carbocycles. The van der Waals surface area contributed by atoms with E-state index in [1.54, 1.807) is 13.8 Å². The number of rotatable bonds is 10. The van der Waals surface area contributed by atoms with Gasteiger partial charge in [-0.25, -0.2) is 4.79 Å². The molecule has 33 heavy (non-hydrogen) atoms. The molecule has 0 fully saturated rings. The first kappa shape index (κ1) is 24.3. The highest BCUT2D eigenvalue weighted by molar-refractivity contribution is 5.80. The molecule has 1 aliphatic carbocycles. The Morgan fingerprint density at radius 2 is 1.61 bits per heavy atom. The topological polar surface area (TPSA) is 105 Å². The number of carboxylic acids is 1. The summed E-state index contributed by atoms with van der Waals surface area (Å²) in [4.78, 5) is 35.7. The van der Waals surface area contributed by atoms with E-state index >= 15 is 0 Å². The summed E-state index contributed by atoms with van der Waals surface area (Å²) in [5.74, 6) is -1.17. The molecule has 1 aliphatic rings. The highest BCUT2D eigenvalue weighted by atomic mass is 16.5. The number of alkyl carbamates (subject to hydrolysis) is 1. The molecule has 0 spiro atoms. The highest BCUT2D eigenvalue weighted by Crippen LogP contribution is 2.44. The van der Waals surface area contributed by atoms with Crippen LogP contribution in [0.4, 0.5) is 4.79 Å². The minimum absolute atomic E-state index is 0.0253. The zero-order valence-corrected chi connectivity index (χ0v) is 19.4. The first-order valence-corrected chi connectivity index (χ1v) is 11.3. The van der Waals surface area contributed by atoms with Gasteiger partial charge in [0.15, 0.2) is 0 Å². The Hall–Kier alpha value is -3.35. The molecule has 7 heteroatoms. The minimum Gasteiger partial charge on any atom is -0.481 e. The number of ether oxygens (including phenoxy) is 1. The SMILES string of the molecule is CC[C@H](CC(=O)NC(C)(C)CCC(=O)O)NC(=O)OCC1c2ccccc2-c2ccccc21. The van der Waals surface area contributed by atoms with E-state index in [4.69, 9.17) is 9.84 Å². The van der Waals surface area contributed by atoms with Crippen LogP contribution in [0.15, 0.2) is 48.5 Å². The molecule has 2 aromatic rings. The van der Waals surface area contributed by atoms with Crippen molar-refractivity contribution in [2.45, 2.75) is 64.0 Å². The predicted octanol–water partition coefficient (Wildman–Crippen LogP) is 4.45. The van der Waals surface area contributed by atoms with Gasteiger partial charge in [0, 0.05) is 30.3 Å². The Bertz CT molecular complexity index is 972. The van der Waals surface area contributed by atoms with Crippen molar-refractivity contribution in [3.63, 3.8) is 0 Å². The van der Waals surface area contributed by atoms with Crippen molar-refractivity contribution < 1.29 is 24.2 Å². The Labute approximate surface area is 194 Å². The van der Waals surface area contributed by atoms with E-state index < -0.39 is 17.6 Å². The lowest BCUT2D eigenvalue weighted by Crippen LogP contribution is -2.46. The second-order valence-electron chi connectivity index (χ2n) is 9.10. The van der Waals surface area contributed by atoms with Crippen molar-refractivity contribution in [2.24, 2.45) is 0 Å². The third-order valence-corrected chi connectivity index (χ3v) is 6.03. The maximum atomic E-state index is 12.5. The van der Waals surface area contributed by atoms with Crippen molar-refractivity contribution in [3.8, 4) is 11.1 Å². The smallest absolute Gasteiger partial charge is 0.407 e. The lowest BCUT2D eigenvalue weighted by molar-refractivity contribution is -0.137. The molecule has 2 amide bonds. The van der Waals surface area contributed by atoms with Crippen molar-refractivity contribution in [3.05, 3.63) is 59.7 Å². The van der Waals surface area contributed by atoms with Gasteiger partial charge in [-0.1, -0.05) is 55.5 Å². The van der Waals surface area contributed by atoms with Crippen LogP contribution in [0.25, 0.3) is 11.1 Å². The van der Waals surface area contributed by atoms with Crippen molar-refractivity contribution in [1.29, 1.82) is 0 Å². The van der Waals surface area contributed by atoms with Crippen molar-refractivity contribution in [2.75, 3.05) is 6.61 Å². The number of aliphatic carboxylic acids is 1. The van der Waals surface area contributed by atoms with Crippen LogP contribution in [0.2, 0.25) is 0 Å². The molecule has 0 unspecified atom stereocenters. The molecule has 3 N–H and O–H groups in total. The molecule has 0 saturated carbocycles. The molecular weight excluding hydrogens is 420 g/mol. The van der Waals surface area contributed by atoms with E-state index in [2.05, 4.69) is 34.9 Å². The van der Waals surface area contributed by atoms with Gasteiger partial charge < -0.3 is 20.5 Å². The van der Waals surface area contributed by atoms with Crippen LogP contribution in [0.1, 0.15) is 63.5 Å². The van der Waals surface area contributed by atoms with Gasteiger partial charge in [0.2, 0.25) is 5.91 Å². The summed E-state index contributed by atoms with van der Waals surface area (Å²) in [5, 5.41) is 14.5. The summed E-state index contributed by atoms with van der Waals surface area (Å²) in [6.45, 7) is 5.67. The second kappa shape index (κ2) is 10.5. The molecule has 0 aromatic heterocycles. The molecule has 0 aliphatic heterocycles. The fourth-order valence-corrected chi connectivity index (χ4v) is 4.24. The highest BCUT2D eigenvalue weighted by Gasteiger charge is 2.29. The maximum Gasteiger partial charge on any atom is 0.407 e. The fraction of sp³-hybridized carbons (Fsp3) is 0.423. The average molecular weight is 453 g/mol. The summed E-state index contributed by atoms with van der Waals surface area (Å²) in [6.07, 6.45) is 0.402. The monoisotopic (exact) mass is 452 g/mol. The van der Waals surface area contributed by atoms with E-state index in [1.165, 1.54) is 0 Å². The summed E-state index contributed by atoms with van der Waals surface area (Å²) >= 11 is 0. The summed E-state index contributed by atoms with van der Waals surface area (Å²) in [7, 11) is 0. The standard InChI is InChI=1S/C26H32N2O5/c1-4-17(15-23(29)28-26(2,3)14-13-24(30)31)27-25(32)33-16-22-20-11-7-5-9-18(20)19-10-6-8-12-21(19)22/h5-12,17,22H,4,13-16H2,1-3H3,(H,27,32)(H,28,29)(H,30,31)/t17-/m1/s1. The maximum absolute atomic E-state index is 12.5. The largest absolute Gasteiger partial charge is 0.481 e. The Kier molecular flexibility index (Phi) is 7.74. The van der Waals surface area contributed by atoms with Crippen LogP contribution < -0.4 is 10.6 Å². The van der Waals surface area contributed by atoms with Crippen LogP contribution in [-0.2, 0) is 14.3 Å². The van der Waals surface area contributed by atoms with Gasteiger partial charge in [0.25, 0.3) is 0 Å². The van der Waals surface area contributed by atoms with Gasteiger partial charge in [0.1, 0.15) is 6.61 Å². The minimum atomic E-state index is -0.902. The number of fused-ring (bicyclic) bond motifs is 3. The van der Waals surface area contributed by atoms with Crippen molar-refractivity contribution >= 4 is 18.0 Å². The van der Waals surface area contributed by atoms with Gasteiger partial charge in [-0.05, 0) is 48.9 Å². The quantitative estimate of drug-likeness (QED) is 0.494. The number of benzene rings is 2. The molecule has 3 rings (SSSR count). The number of hydrogen-bond acceptors (Lipinski definition) is 4. The number of carbonyl (C=O) groups excluding carboxylic acids is 2. The first-order chi connectivity index (χ1) is 15.7. The van der Waals surface area contributed by atoms with E-state index in [-0.39, 0.29) is 37.3 Å². The molecule has 176 valence electrons.